The third-order valence-corrected chi connectivity index (χ3v) is 5.27. The van der Waals surface area contributed by atoms with Crippen LogP contribution in [0.4, 0.5) is 0 Å². The number of imidazole rings is 1. The lowest BCUT2D eigenvalue weighted by Gasteiger charge is -2.16. The number of rotatable bonds is 11. The molecule has 3 aromatic rings. The topological polar surface area (TPSA) is 68.5 Å². The van der Waals surface area contributed by atoms with Gasteiger partial charge in [0.2, 0.25) is 0 Å². The van der Waals surface area contributed by atoms with Crippen LogP contribution in [0.5, 0.6) is 11.5 Å². The minimum atomic E-state index is -0.587. The molecular weight excluding hydrogens is 390 g/mol. The fraction of sp³-hybridized carbons (Fsp3) is 0.400. The van der Waals surface area contributed by atoms with Gasteiger partial charge >= 0.3 is 0 Å². The van der Waals surface area contributed by atoms with Crippen LogP contribution in [-0.4, -0.2) is 41.0 Å². The number of aliphatic hydroxyl groups excluding tert-OH is 1. The number of aryl methyl sites for hydroxylation is 3. The van der Waals surface area contributed by atoms with Crippen molar-refractivity contribution in [2.75, 3.05) is 20.3 Å². The molecule has 0 aliphatic carbocycles. The van der Waals surface area contributed by atoms with Gasteiger partial charge in [-0.1, -0.05) is 30.7 Å². The molecule has 166 valence electrons. The number of aliphatic hydroxyl groups is 1. The highest BCUT2D eigenvalue weighted by atomic mass is 16.5. The molecule has 6 nitrogen and oxygen atoms in total. The van der Waals surface area contributed by atoms with Crippen molar-refractivity contribution in [3.05, 3.63) is 76.9 Å². The molecule has 0 radical (unpaired) electrons. The average molecular weight is 424 g/mol. The van der Waals surface area contributed by atoms with Gasteiger partial charge < -0.3 is 24.5 Å². The summed E-state index contributed by atoms with van der Waals surface area (Å²) in [6.45, 7) is 8.25. The van der Waals surface area contributed by atoms with E-state index in [0.29, 0.717) is 19.6 Å². The van der Waals surface area contributed by atoms with E-state index in [9.17, 15) is 5.11 Å². The highest BCUT2D eigenvalue weighted by Gasteiger charge is 2.10. The van der Waals surface area contributed by atoms with Crippen molar-refractivity contribution < 1.29 is 14.6 Å². The normalized spacial score (nSPS) is 12.0. The Hall–Kier alpha value is -2.83. The van der Waals surface area contributed by atoms with E-state index in [4.69, 9.17) is 9.47 Å². The van der Waals surface area contributed by atoms with Crippen molar-refractivity contribution in [3.8, 4) is 11.5 Å². The molecule has 0 saturated heterocycles. The second-order valence-corrected chi connectivity index (χ2v) is 7.84. The van der Waals surface area contributed by atoms with E-state index in [1.807, 2.05) is 43.6 Å². The standard InChI is InChI=1S/C25H33N3O3/c1-5-25-27-10-11-28(25)16-21-13-20(7-9-24(21)30-4)14-26-15-22(29)17-31-23-8-6-18(2)12-19(23)3/h6-13,22,26,29H,5,14-17H2,1-4H3/t22-/m1/s1. The van der Waals surface area contributed by atoms with Crippen LogP contribution in [0.2, 0.25) is 0 Å². The van der Waals surface area contributed by atoms with Crippen LogP contribution >= 0.6 is 0 Å². The van der Waals surface area contributed by atoms with Gasteiger partial charge in [0.15, 0.2) is 0 Å². The van der Waals surface area contributed by atoms with Crippen LogP contribution in [0, 0.1) is 13.8 Å². The third-order valence-electron chi connectivity index (χ3n) is 5.27. The molecule has 1 atom stereocenters. The van der Waals surface area contributed by atoms with E-state index in [1.165, 1.54) is 5.56 Å². The molecule has 31 heavy (non-hydrogen) atoms. The zero-order valence-electron chi connectivity index (χ0n) is 18.9. The first kappa shape index (κ1) is 22.8. The number of nitrogens with zero attached hydrogens (tertiary/aromatic N) is 2. The van der Waals surface area contributed by atoms with E-state index >= 15 is 0 Å². The predicted octanol–water partition coefficient (Wildman–Crippen LogP) is 3.65. The molecule has 0 bridgehead atoms. The maximum absolute atomic E-state index is 10.3. The quantitative estimate of drug-likeness (QED) is 0.493. The molecule has 0 spiro atoms. The largest absolute Gasteiger partial charge is 0.496 e. The Kier molecular flexibility index (Phi) is 8.09. The highest BCUT2D eigenvalue weighted by Crippen LogP contribution is 2.22. The van der Waals surface area contributed by atoms with Gasteiger partial charge in [0.05, 0.1) is 13.7 Å². The Morgan fingerprint density at radius 2 is 1.94 bits per heavy atom. The van der Waals surface area contributed by atoms with Crippen molar-refractivity contribution >= 4 is 0 Å². The van der Waals surface area contributed by atoms with Gasteiger partial charge in [-0.05, 0) is 43.2 Å². The average Bonchev–Trinajstić information content (AvgIpc) is 3.20. The number of nitrogens with one attached hydrogen (secondary N) is 1. The summed E-state index contributed by atoms with van der Waals surface area (Å²) >= 11 is 0. The maximum atomic E-state index is 10.3. The molecular formula is C25H33N3O3. The van der Waals surface area contributed by atoms with Crippen LogP contribution in [0.3, 0.4) is 0 Å². The van der Waals surface area contributed by atoms with Gasteiger partial charge in [-0.3, -0.25) is 0 Å². The molecule has 3 rings (SSSR count). The number of benzene rings is 2. The lowest BCUT2D eigenvalue weighted by Crippen LogP contribution is -2.31. The molecule has 0 aliphatic rings. The Bertz CT molecular complexity index is 984. The molecule has 6 heteroatoms. The summed E-state index contributed by atoms with van der Waals surface area (Å²) in [6.07, 6.45) is 4.13. The molecule has 1 heterocycles. The number of methoxy groups -OCH3 is 1. The first-order chi connectivity index (χ1) is 15.0. The monoisotopic (exact) mass is 423 g/mol. The third kappa shape index (κ3) is 6.32. The first-order valence-corrected chi connectivity index (χ1v) is 10.7. The molecule has 0 amide bonds. The minimum Gasteiger partial charge on any atom is -0.496 e. The molecule has 0 saturated carbocycles. The minimum absolute atomic E-state index is 0.255. The predicted molar refractivity (Wildman–Crippen MR) is 123 cm³/mol. The van der Waals surface area contributed by atoms with E-state index in [-0.39, 0.29) is 6.61 Å². The first-order valence-electron chi connectivity index (χ1n) is 10.7. The van der Waals surface area contributed by atoms with Crippen molar-refractivity contribution in [1.29, 1.82) is 0 Å². The maximum Gasteiger partial charge on any atom is 0.123 e. The lowest BCUT2D eigenvalue weighted by atomic mass is 10.1. The Labute approximate surface area is 184 Å². The summed E-state index contributed by atoms with van der Waals surface area (Å²) in [4.78, 5) is 4.40. The van der Waals surface area contributed by atoms with Crippen LogP contribution in [0.15, 0.2) is 48.8 Å². The summed E-state index contributed by atoms with van der Waals surface area (Å²) < 4.78 is 13.5. The van der Waals surface area contributed by atoms with Gasteiger partial charge in [0.1, 0.15) is 30.0 Å². The van der Waals surface area contributed by atoms with Crippen LogP contribution in [0.1, 0.15) is 35.0 Å². The second kappa shape index (κ2) is 11.0. The Balaban J connectivity index is 1.52. The SMILES string of the molecule is CCc1nccn1Cc1cc(CNC[C@@H](O)COc2ccc(C)cc2C)ccc1OC. The van der Waals surface area contributed by atoms with Gasteiger partial charge in [-0.25, -0.2) is 4.98 Å². The molecule has 2 aromatic carbocycles. The van der Waals surface area contributed by atoms with Crippen molar-refractivity contribution in [2.24, 2.45) is 0 Å². The second-order valence-electron chi connectivity index (χ2n) is 7.84. The molecule has 0 fully saturated rings. The highest BCUT2D eigenvalue weighted by molar-refractivity contribution is 5.38. The van der Waals surface area contributed by atoms with E-state index in [1.54, 1.807) is 7.11 Å². The van der Waals surface area contributed by atoms with Crippen molar-refractivity contribution in [1.82, 2.24) is 14.9 Å². The lowest BCUT2D eigenvalue weighted by molar-refractivity contribution is 0.106. The van der Waals surface area contributed by atoms with Crippen LogP contribution in [-0.2, 0) is 19.5 Å². The van der Waals surface area contributed by atoms with Gasteiger partial charge in [0.25, 0.3) is 0 Å². The number of hydrogen-bond donors (Lipinski definition) is 2. The molecule has 0 aliphatic heterocycles. The van der Waals surface area contributed by atoms with E-state index < -0.39 is 6.10 Å². The number of aromatic nitrogens is 2. The zero-order chi connectivity index (χ0) is 22.2. The number of hydrogen-bond acceptors (Lipinski definition) is 5. The smallest absolute Gasteiger partial charge is 0.123 e. The van der Waals surface area contributed by atoms with E-state index in [2.05, 4.69) is 40.8 Å². The fourth-order valence-corrected chi connectivity index (χ4v) is 3.64. The zero-order valence-corrected chi connectivity index (χ0v) is 18.9. The number of ether oxygens (including phenoxy) is 2. The summed E-state index contributed by atoms with van der Waals surface area (Å²) in [7, 11) is 1.69. The van der Waals surface area contributed by atoms with Crippen molar-refractivity contribution in [3.63, 3.8) is 0 Å². The molecule has 2 N–H and O–H groups in total. The van der Waals surface area contributed by atoms with Crippen LogP contribution in [0.25, 0.3) is 0 Å². The summed E-state index contributed by atoms with van der Waals surface area (Å²) in [5.41, 5.74) is 4.52. The molecule has 1 aromatic heterocycles. The fourth-order valence-electron chi connectivity index (χ4n) is 3.64. The Morgan fingerprint density at radius 1 is 1.13 bits per heavy atom. The summed E-state index contributed by atoms with van der Waals surface area (Å²) in [5, 5.41) is 13.6. The van der Waals surface area contributed by atoms with Crippen LogP contribution < -0.4 is 14.8 Å². The summed E-state index contributed by atoms with van der Waals surface area (Å²) in [6, 6.07) is 12.2. The van der Waals surface area contributed by atoms with Gasteiger partial charge in [-0.15, -0.1) is 0 Å². The van der Waals surface area contributed by atoms with Crippen molar-refractivity contribution in [2.45, 2.75) is 46.4 Å². The Morgan fingerprint density at radius 3 is 2.68 bits per heavy atom. The van der Waals surface area contributed by atoms with Gasteiger partial charge in [0, 0.05) is 37.5 Å². The van der Waals surface area contributed by atoms with E-state index in [0.717, 1.165) is 40.4 Å². The van der Waals surface area contributed by atoms with Gasteiger partial charge in [-0.2, -0.15) is 0 Å². The summed E-state index contributed by atoms with van der Waals surface area (Å²) in [5.74, 6) is 2.73. The molecule has 0 unspecified atom stereocenters.